The fourth-order valence-electron chi connectivity index (χ4n) is 2.41. The van der Waals surface area contributed by atoms with E-state index < -0.39 is 0 Å². The van der Waals surface area contributed by atoms with Gasteiger partial charge in [-0.25, -0.2) is 0 Å². The van der Waals surface area contributed by atoms with E-state index in [1.807, 2.05) is 24.3 Å². The van der Waals surface area contributed by atoms with Gasteiger partial charge < -0.3 is 20.1 Å². The zero-order valence-electron chi connectivity index (χ0n) is 11.7. The Morgan fingerprint density at radius 3 is 2.53 bits per heavy atom. The van der Waals surface area contributed by atoms with Crippen molar-refractivity contribution in [3.63, 3.8) is 0 Å². The summed E-state index contributed by atoms with van der Waals surface area (Å²) in [7, 11) is 1.81. The molecule has 0 amide bonds. The molecule has 2 rings (SSSR count). The van der Waals surface area contributed by atoms with Gasteiger partial charge in [0, 0.05) is 32.4 Å². The van der Waals surface area contributed by atoms with Gasteiger partial charge >= 0.3 is 0 Å². The minimum absolute atomic E-state index is 0.460. The van der Waals surface area contributed by atoms with Crippen LogP contribution in [0.25, 0.3) is 0 Å². The molecule has 0 saturated carbocycles. The van der Waals surface area contributed by atoms with Crippen molar-refractivity contribution < 1.29 is 9.47 Å². The van der Waals surface area contributed by atoms with E-state index in [-0.39, 0.29) is 0 Å². The van der Waals surface area contributed by atoms with Crippen LogP contribution in [0.1, 0.15) is 19.3 Å². The maximum atomic E-state index is 5.69. The number of ether oxygens (including phenoxy) is 2. The third-order valence-electron chi connectivity index (χ3n) is 3.64. The van der Waals surface area contributed by atoms with Gasteiger partial charge in [-0.2, -0.15) is 0 Å². The molecule has 0 unspecified atom stereocenters. The van der Waals surface area contributed by atoms with Crippen LogP contribution in [0, 0.1) is 0 Å². The standard InChI is InChI=1S/C15H24N2O2/c1-18-14-7-10-17(11-8-14)9-2-12-19-15-5-3-13(16)4-6-15/h3-6,14H,2,7-12,16H2,1H3. The van der Waals surface area contributed by atoms with E-state index in [9.17, 15) is 0 Å². The molecule has 1 aromatic rings. The number of nitrogens with two attached hydrogens (primary N) is 1. The van der Waals surface area contributed by atoms with Crippen molar-refractivity contribution in [2.24, 2.45) is 0 Å². The number of rotatable bonds is 6. The van der Waals surface area contributed by atoms with Crippen LogP contribution in [-0.4, -0.2) is 44.4 Å². The number of piperidine rings is 1. The van der Waals surface area contributed by atoms with Crippen LogP contribution in [0.3, 0.4) is 0 Å². The van der Waals surface area contributed by atoms with Crippen LogP contribution in [-0.2, 0) is 4.74 Å². The first-order valence-corrected chi connectivity index (χ1v) is 7.01. The highest BCUT2D eigenvalue weighted by Crippen LogP contribution is 2.15. The third kappa shape index (κ3) is 4.73. The zero-order valence-corrected chi connectivity index (χ0v) is 11.7. The lowest BCUT2D eigenvalue weighted by molar-refractivity contribution is 0.0398. The van der Waals surface area contributed by atoms with Crippen LogP contribution in [0.15, 0.2) is 24.3 Å². The smallest absolute Gasteiger partial charge is 0.119 e. The predicted molar refractivity (Wildman–Crippen MR) is 77.4 cm³/mol. The molecule has 0 spiro atoms. The second-order valence-electron chi connectivity index (χ2n) is 5.05. The summed E-state index contributed by atoms with van der Waals surface area (Å²) < 4.78 is 11.1. The van der Waals surface area contributed by atoms with Gasteiger partial charge in [-0.3, -0.25) is 0 Å². The Morgan fingerprint density at radius 2 is 1.89 bits per heavy atom. The highest BCUT2D eigenvalue weighted by Gasteiger charge is 2.17. The number of nitrogen functional groups attached to an aromatic ring is 1. The van der Waals surface area contributed by atoms with E-state index in [2.05, 4.69) is 4.90 Å². The quantitative estimate of drug-likeness (QED) is 0.632. The van der Waals surface area contributed by atoms with Gasteiger partial charge in [-0.05, 0) is 43.5 Å². The van der Waals surface area contributed by atoms with Gasteiger partial charge in [0.15, 0.2) is 0 Å². The average Bonchev–Trinajstić information content (AvgIpc) is 2.46. The Hall–Kier alpha value is -1.26. The molecule has 106 valence electrons. The maximum absolute atomic E-state index is 5.69. The van der Waals surface area contributed by atoms with Crippen molar-refractivity contribution in [2.75, 3.05) is 39.1 Å². The zero-order chi connectivity index (χ0) is 13.5. The van der Waals surface area contributed by atoms with Gasteiger partial charge in [0.2, 0.25) is 0 Å². The molecule has 19 heavy (non-hydrogen) atoms. The van der Waals surface area contributed by atoms with E-state index in [0.29, 0.717) is 6.10 Å². The van der Waals surface area contributed by atoms with Gasteiger partial charge in [0.25, 0.3) is 0 Å². The fraction of sp³-hybridized carbons (Fsp3) is 0.600. The van der Waals surface area contributed by atoms with Crippen LogP contribution in [0.4, 0.5) is 5.69 Å². The minimum Gasteiger partial charge on any atom is -0.494 e. The van der Waals surface area contributed by atoms with Crippen LogP contribution in [0.5, 0.6) is 5.75 Å². The Balaban J connectivity index is 1.58. The lowest BCUT2D eigenvalue weighted by Gasteiger charge is -2.31. The molecule has 1 fully saturated rings. The first-order valence-electron chi connectivity index (χ1n) is 7.01. The van der Waals surface area contributed by atoms with Gasteiger partial charge in [0.05, 0.1) is 12.7 Å². The first kappa shape index (κ1) is 14.2. The van der Waals surface area contributed by atoms with Crippen LogP contribution >= 0.6 is 0 Å². The molecule has 1 saturated heterocycles. The topological polar surface area (TPSA) is 47.7 Å². The molecule has 1 aromatic carbocycles. The number of hydrogen-bond donors (Lipinski definition) is 1. The normalized spacial score (nSPS) is 17.5. The van der Waals surface area contributed by atoms with Crippen molar-refractivity contribution in [2.45, 2.75) is 25.4 Å². The SMILES string of the molecule is COC1CCN(CCCOc2ccc(N)cc2)CC1. The summed E-state index contributed by atoms with van der Waals surface area (Å²) >= 11 is 0. The van der Waals surface area contributed by atoms with Gasteiger partial charge in [0.1, 0.15) is 5.75 Å². The summed E-state index contributed by atoms with van der Waals surface area (Å²) in [4.78, 5) is 2.49. The van der Waals surface area contributed by atoms with Crippen LogP contribution in [0.2, 0.25) is 0 Å². The third-order valence-corrected chi connectivity index (χ3v) is 3.64. The Bertz CT molecular complexity index is 359. The molecule has 0 radical (unpaired) electrons. The Labute approximate surface area is 115 Å². The number of nitrogens with zero attached hydrogens (tertiary/aromatic N) is 1. The van der Waals surface area contributed by atoms with E-state index in [1.165, 1.54) is 0 Å². The summed E-state index contributed by atoms with van der Waals surface area (Å²) in [6.45, 7) is 4.14. The van der Waals surface area contributed by atoms with Gasteiger partial charge in [-0.1, -0.05) is 0 Å². The molecule has 2 N–H and O–H groups in total. The highest BCUT2D eigenvalue weighted by molar-refractivity contribution is 5.41. The lowest BCUT2D eigenvalue weighted by Crippen LogP contribution is -2.37. The number of anilines is 1. The number of hydrogen-bond acceptors (Lipinski definition) is 4. The highest BCUT2D eigenvalue weighted by atomic mass is 16.5. The summed E-state index contributed by atoms with van der Waals surface area (Å²) in [5.41, 5.74) is 6.40. The van der Waals surface area contributed by atoms with Crippen molar-refractivity contribution in [1.29, 1.82) is 0 Å². The van der Waals surface area contributed by atoms with Crippen molar-refractivity contribution in [3.05, 3.63) is 24.3 Å². The summed E-state index contributed by atoms with van der Waals surface area (Å²) in [5, 5.41) is 0. The molecule has 0 atom stereocenters. The monoisotopic (exact) mass is 264 g/mol. The molecular formula is C15H24N2O2. The molecule has 4 nitrogen and oxygen atoms in total. The Kier molecular flexibility index (Phi) is 5.48. The van der Waals surface area contributed by atoms with E-state index >= 15 is 0 Å². The Morgan fingerprint density at radius 1 is 1.21 bits per heavy atom. The second-order valence-corrected chi connectivity index (χ2v) is 5.05. The summed E-state index contributed by atoms with van der Waals surface area (Å²) in [6.07, 6.45) is 3.81. The second kappa shape index (κ2) is 7.36. The van der Waals surface area contributed by atoms with E-state index in [4.69, 9.17) is 15.2 Å². The maximum Gasteiger partial charge on any atom is 0.119 e. The van der Waals surface area contributed by atoms with E-state index in [1.54, 1.807) is 7.11 Å². The molecule has 0 bridgehead atoms. The van der Waals surface area contributed by atoms with Gasteiger partial charge in [-0.15, -0.1) is 0 Å². The molecular weight excluding hydrogens is 240 g/mol. The summed E-state index contributed by atoms with van der Waals surface area (Å²) in [5.74, 6) is 0.896. The summed E-state index contributed by atoms with van der Waals surface area (Å²) in [6, 6.07) is 7.56. The predicted octanol–water partition coefficient (Wildman–Crippen LogP) is 2.15. The van der Waals surface area contributed by atoms with Crippen molar-refractivity contribution in [3.8, 4) is 5.75 Å². The molecule has 1 heterocycles. The molecule has 0 aromatic heterocycles. The molecule has 1 aliphatic rings. The fourth-order valence-corrected chi connectivity index (χ4v) is 2.41. The number of methoxy groups -OCH3 is 1. The molecule has 4 heteroatoms. The molecule has 0 aliphatic carbocycles. The van der Waals surface area contributed by atoms with Crippen LogP contribution < -0.4 is 10.5 Å². The number of benzene rings is 1. The van der Waals surface area contributed by atoms with E-state index in [0.717, 1.165) is 56.9 Å². The van der Waals surface area contributed by atoms with Crippen molar-refractivity contribution in [1.82, 2.24) is 4.90 Å². The molecule has 1 aliphatic heterocycles. The largest absolute Gasteiger partial charge is 0.494 e. The lowest BCUT2D eigenvalue weighted by atomic mass is 10.1. The van der Waals surface area contributed by atoms with Crippen molar-refractivity contribution >= 4 is 5.69 Å². The average molecular weight is 264 g/mol. The number of likely N-dealkylation sites (tertiary alicyclic amines) is 1. The first-order chi connectivity index (χ1) is 9.28. The minimum atomic E-state index is 0.460.